The number of hydrogen-bond donors (Lipinski definition) is 2. The summed E-state index contributed by atoms with van der Waals surface area (Å²) in [6.07, 6.45) is -2.88. The van der Waals surface area contributed by atoms with Crippen molar-refractivity contribution in [2.75, 3.05) is 52.4 Å². The highest BCUT2D eigenvalue weighted by molar-refractivity contribution is 5.98. The number of nitrogens with zero attached hydrogens (tertiary/aromatic N) is 4. The minimum absolute atomic E-state index is 0.00329. The van der Waals surface area contributed by atoms with Crippen molar-refractivity contribution in [1.82, 2.24) is 19.6 Å². The largest absolute Gasteiger partial charge is 0.508 e. The average Bonchev–Trinajstić information content (AvgIpc) is 3.12. The molecule has 0 radical (unpaired) electrons. The summed E-state index contributed by atoms with van der Waals surface area (Å²) in [7, 11) is 0. The second kappa shape index (κ2) is 18.0. The molecule has 5 rings (SSSR count). The summed E-state index contributed by atoms with van der Waals surface area (Å²) in [4.78, 5) is 74.5. The van der Waals surface area contributed by atoms with Gasteiger partial charge >= 0.3 is 24.2 Å². The molecule has 16 heteroatoms. The van der Waals surface area contributed by atoms with E-state index in [0.29, 0.717) is 11.1 Å². The third-order valence-corrected chi connectivity index (χ3v) is 9.15. The van der Waals surface area contributed by atoms with Gasteiger partial charge in [0, 0.05) is 81.2 Å². The van der Waals surface area contributed by atoms with Crippen LogP contribution in [0.15, 0.2) is 60.7 Å². The number of fused-ring (bicyclic) bond motifs is 2. The van der Waals surface area contributed by atoms with Crippen molar-refractivity contribution >= 4 is 30.2 Å². The van der Waals surface area contributed by atoms with Crippen LogP contribution in [0.3, 0.4) is 0 Å². The van der Waals surface area contributed by atoms with Gasteiger partial charge in [0.15, 0.2) is 6.10 Å². The van der Waals surface area contributed by atoms with Crippen LogP contribution in [0.4, 0.5) is 14.4 Å². The van der Waals surface area contributed by atoms with Crippen LogP contribution in [0.2, 0.25) is 0 Å². The summed E-state index contributed by atoms with van der Waals surface area (Å²) in [5.74, 6) is -0.904. The zero-order valence-electron chi connectivity index (χ0n) is 35.8. The summed E-state index contributed by atoms with van der Waals surface area (Å²) in [6, 6.07) is 14.8. The van der Waals surface area contributed by atoms with Gasteiger partial charge in [-0.25, -0.2) is 19.2 Å². The highest BCUT2D eigenvalue weighted by atomic mass is 16.6. The van der Waals surface area contributed by atoms with Crippen molar-refractivity contribution in [2.24, 2.45) is 0 Å². The molecule has 324 valence electrons. The van der Waals surface area contributed by atoms with E-state index in [0.717, 1.165) is 0 Å². The van der Waals surface area contributed by atoms with Crippen LogP contribution in [0, 0.1) is 0 Å². The molecule has 3 aromatic rings. The van der Waals surface area contributed by atoms with E-state index in [2.05, 4.69) is 0 Å². The van der Waals surface area contributed by atoms with E-state index in [1.165, 1.54) is 56.0 Å². The van der Waals surface area contributed by atoms with Gasteiger partial charge in [-0.05, 0) is 105 Å². The Kier molecular flexibility index (Phi) is 13.5. The van der Waals surface area contributed by atoms with Gasteiger partial charge in [-0.3, -0.25) is 4.79 Å². The summed E-state index contributed by atoms with van der Waals surface area (Å²) < 4.78 is 29.0. The van der Waals surface area contributed by atoms with Crippen molar-refractivity contribution < 1.29 is 57.9 Å². The predicted octanol–water partition coefficient (Wildman–Crippen LogP) is 7.32. The fraction of sp³-hybridized carbons (Fsp3) is 0.477. The van der Waals surface area contributed by atoms with Gasteiger partial charge in [-0.1, -0.05) is 6.07 Å². The van der Waals surface area contributed by atoms with Gasteiger partial charge in [0.2, 0.25) is 0 Å². The van der Waals surface area contributed by atoms with E-state index in [9.17, 15) is 34.2 Å². The Morgan fingerprint density at radius 2 is 0.900 bits per heavy atom. The molecule has 0 aromatic heterocycles. The molecule has 4 amide bonds. The van der Waals surface area contributed by atoms with Crippen molar-refractivity contribution in [2.45, 2.75) is 85.2 Å². The highest BCUT2D eigenvalue weighted by Gasteiger charge is 2.33. The monoisotopic (exact) mass is 832 g/mol. The van der Waals surface area contributed by atoms with E-state index in [4.69, 9.17) is 23.7 Å². The Morgan fingerprint density at radius 1 is 0.533 bits per heavy atom. The van der Waals surface area contributed by atoms with Gasteiger partial charge in [-0.15, -0.1) is 0 Å². The smallest absolute Gasteiger partial charge is 0.410 e. The second-order valence-electron chi connectivity index (χ2n) is 17.6. The van der Waals surface area contributed by atoms with Gasteiger partial charge in [-0.2, -0.15) is 0 Å². The SMILES string of the molecule is CC(C)(C)OC(=O)N1CCN(C(=O)OC(C)(C)C)CCN(C(=O)c2cccc(C(=O)OC3c4ccc(O)cc4Oc4cc(O)ccc43)c2)CCN(C(=O)OC(C)(C)C)CC1. The van der Waals surface area contributed by atoms with Crippen molar-refractivity contribution in [1.29, 1.82) is 0 Å². The summed E-state index contributed by atoms with van der Waals surface area (Å²) in [6.45, 7) is 15.8. The van der Waals surface area contributed by atoms with Crippen LogP contribution in [0.5, 0.6) is 23.0 Å². The molecule has 1 fully saturated rings. The number of esters is 1. The second-order valence-corrected chi connectivity index (χ2v) is 17.6. The lowest BCUT2D eigenvalue weighted by Gasteiger charge is -2.36. The van der Waals surface area contributed by atoms with Crippen LogP contribution < -0.4 is 4.74 Å². The van der Waals surface area contributed by atoms with Gasteiger partial charge < -0.3 is 53.5 Å². The molecule has 1 saturated heterocycles. The molecule has 2 heterocycles. The first-order valence-corrected chi connectivity index (χ1v) is 19.8. The van der Waals surface area contributed by atoms with Gasteiger partial charge in [0.1, 0.15) is 39.8 Å². The van der Waals surface area contributed by atoms with Gasteiger partial charge in [0.25, 0.3) is 5.91 Å². The molecule has 0 unspecified atom stereocenters. The minimum atomic E-state index is -0.976. The first-order chi connectivity index (χ1) is 28.0. The molecule has 60 heavy (non-hydrogen) atoms. The zero-order valence-corrected chi connectivity index (χ0v) is 35.8. The molecule has 3 aromatic carbocycles. The topological polar surface area (TPSA) is 185 Å². The van der Waals surface area contributed by atoms with Crippen molar-refractivity contribution in [3.63, 3.8) is 0 Å². The maximum atomic E-state index is 14.4. The first-order valence-electron chi connectivity index (χ1n) is 19.8. The Hall–Kier alpha value is -6.19. The zero-order chi connectivity index (χ0) is 44.2. The summed E-state index contributed by atoms with van der Waals surface area (Å²) in [5.41, 5.74) is -1.33. The molecule has 2 N–H and O–H groups in total. The van der Waals surface area contributed by atoms with E-state index >= 15 is 0 Å². The molecule has 0 saturated carbocycles. The quantitative estimate of drug-likeness (QED) is 0.198. The van der Waals surface area contributed by atoms with Crippen LogP contribution in [-0.4, -0.2) is 129 Å². The number of phenolic OH excluding ortho intramolecular Hbond substituents is 2. The van der Waals surface area contributed by atoms with Crippen molar-refractivity contribution in [3.05, 3.63) is 82.9 Å². The standard InChI is InChI=1S/C44H56N4O12/c1-42(2,3)58-39(53)46-19-17-45(18-20-47(40(54)59-43(4,5)6)22-24-48(23-21-46)41(55)60-44(7,8)9)37(51)28-11-10-12-29(25-28)38(52)57-36-32-15-13-30(49)26-34(32)56-35-27-31(50)14-16-33(35)36/h10-16,25-27,36,49-50H,17-24H2,1-9H3. The normalized spacial score (nSPS) is 15.6. The lowest BCUT2D eigenvalue weighted by atomic mass is 9.96. The van der Waals surface area contributed by atoms with Gasteiger partial charge in [0.05, 0.1) is 5.56 Å². The predicted molar refractivity (Wildman–Crippen MR) is 219 cm³/mol. The molecule has 0 spiro atoms. The van der Waals surface area contributed by atoms with E-state index in [1.54, 1.807) is 86.6 Å². The van der Waals surface area contributed by atoms with E-state index in [-0.39, 0.29) is 86.5 Å². The molecule has 0 atom stereocenters. The number of carbonyl (C=O) groups is 5. The number of benzene rings is 3. The highest BCUT2D eigenvalue weighted by Crippen LogP contribution is 2.47. The molecular formula is C44H56N4O12. The van der Waals surface area contributed by atoms with Crippen LogP contribution >= 0.6 is 0 Å². The molecule has 0 bridgehead atoms. The maximum Gasteiger partial charge on any atom is 0.410 e. The van der Waals surface area contributed by atoms with Crippen LogP contribution in [-0.2, 0) is 18.9 Å². The van der Waals surface area contributed by atoms with Crippen LogP contribution in [0.1, 0.15) is 100 Å². The Balaban J connectivity index is 1.43. The Morgan fingerprint density at radius 3 is 1.28 bits per heavy atom. The molecule has 16 nitrogen and oxygen atoms in total. The molecule has 2 aliphatic heterocycles. The fourth-order valence-electron chi connectivity index (χ4n) is 6.35. The lowest BCUT2D eigenvalue weighted by molar-refractivity contribution is 0.00479. The molecular weight excluding hydrogens is 776 g/mol. The number of phenols is 2. The summed E-state index contributed by atoms with van der Waals surface area (Å²) in [5, 5.41) is 20.2. The maximum absolute atomic E-state index is 14.4. The third-order valence-electron chi connectivity index (χ3n) is 9.15. The number of carbonyl (C=O) groups excluding carboxylic acids is 5. The average molecular weight is 833 g/mol. The minimum Gasteiger partial charge on any atom is -0.508 e. The molecule has 2 aliphatic rings. The number of hydrogen-bond acceptors (Lipinski definition) is 12. The first kappa shape index (κ1) is 44.9. The third kappa shape index (κ3) is 12.2. The lowest BCUT2D eigenvalue weighted by Crippen LogP contribution is -2.52. The summed E-state index contributed by atoms with van der Waals surface area (Å²) >= 11 is 0. The fourth-order valence-corrected chi connectivity index (χ4v) is 6.35. The molecule has 0 aliphatic carbocycles. The number of ether oxygens (including phenoxy) is 5. The Labute approximate surface area is 350 Å². The van der Waals surface area contributed by atoms with E-state index < -0.39 is 53.1 Å². The number of amides is 4. The number of rotatable bonds is 3. The number of aromatic hydroxyl groups is 2. The van der Waals surface area contributed by atoms with Crippen LogP contribution in [0.25, 0.3) is 0 Å². The van der Waals surface area contributed by atoms with Crippen molar-refractivity contribution in [3.8, 4) is 23.0 Å². The Bertz CT molecular complexity index is 1990. The van der Waals surface area contributed by atoms with E-state index in [1.807, 2.05) is 0 Å².